The monoisotopic (exact) mass is 719 g/mol. The third-order valence-electron chi connectivity index (χ3n) is 7.31. The summed E-state index contributed by atoms with van der Waals surface area (Å²) in [5.74, 6) is -5.74. The van der Waals surface area contributed by atoms with Crippen molar-refractivity contribution in [1.29, 1.82) is 0 Å². The molecule has 1 aromatic rings. The molecule has 1 aliphatic rings. The predicted molar refractivity (Wildman–Crippen MR) is 177 cm³/mol. The third-order valence-corrected chi connectivity index (χ3v) is 7.31. The van der Waals surface area contributed by atoms with Crippen LogP contribution in [0, 0.1) is 0 Å². The van der Waals surface area contributed by atoms with Crippen molar-refractivity contribution in [3.63, 3.8) is 0 Å². The van der Waals surface area contributed by atoms with Crippen LogP contribution < -0.4 is 57.7 Å². The molecule has 20 nitrogen and oxygen atoms in total. The largest absolute Gasteiger partial charge is 0.493 e. The fourth-order valence-corrected chi connectivity index (χ4v) is 4.67. The highest BCUT2D eigenvalue weighted by Crippen LogP contribution is 2.28. The molecule has 0 bridgehead atoms. The summed E-state index contributed by atoms with van der Waals surface area (Å²) in [4.78, 5) is 112. The van der Waals surface area contributed by atoms with Gasteiger partial charge in [-0.2, -0.15) is 0 Å². The molecule has 20 heteroatoms. The summed E-state index contributed by atoms with van der Waals surface area (Å²) in [5, 5.41) is 19.3. The van der Waals surface area contributed by atoms with Gasteiger partial charge in [0, 0.05) is 26.3 Å². The number of nitrogens with one attached hydrogen (secondary N) is 8. The lowest BCUT2D eigenvalue weighted by atomic mass is 10.0. The molecule has 1 aromatic carbocycles. The van der Waals surface area contributed by atoms with Crippen molar-refractivity contribution in [1.82, 2.24) is 42.5 Å². The van der Waals surface area contributed by atoms with Gasteiger partial charge in [-0.05, 0) is 37.0 Å². The second kappa shape index (κ2) is 21.2. The molecule has 1 saturated heterocycles. The highest BCUT2D eigenvalue weighted by molar-refractivity contribution is 5.95. The van der Waals surface area contributed by atoms with Gasteiger partial charge in [-0.15, -0.1) is 0 Å². The second-order valence-electron chi connectivity index (χ2n) is 11.3. The molecule has 10 N–H and O–H groups in total. The van der Waals surface area contributed by atoms with E-state index in [0.717, 1.165) is 0 Å². The highest BCUT2D eigenvalue weighted by Gasteiger charge is 2.26. The molecule has 1 heterocycles. The molecule has 0 aromatic heterocycles. The summed E-state index contributed by atoms with van der Waals surface area (Å²) >= 11 is 0. The highest BCUT2D eigenvalue weighted by atomic mass is 16.5. The SMILES string of the molecule is COc1ccc(CC2NC(=O)CNC(=O)C(NC(=O)CNC(C)=O)CCC(=O)NCCCC(C(N)=O)NC(=O)CNC(=O)CNC2=O)cc1OC. The summed E-state index contributed by atoms with van der Waals surface area (Å²) in [6.45, 7) is -0.945. The van der Waals surface area contributed by atoms with Crippen molar-refractivity contribution in [2.24, 2.45) is 5.73 Å². The smallest absolute Gasteiger partial charge is 0.243 e. The number of hydrogen-bond acceptors (Lipinski definition) is 11. The van der Waals surface area contributed by atoms with Gasteiger partial charge in [-0.25, -0.2) is 0 Å². The Kier molecular flexibility index (Phi) is 17.1. The molecule has 0 spiro atoms. The Morgan fingerprint density at radius 1 is 0.804 bits per heavy atom. The first kappa shape index (κ1) is 41.2. The topological polar surface area (TPSA) is 294 Å². The van der Waals surface area contributed by atoms with E-state index in [-0.39, 0.29) is 38.6 Å². The molecule has 3 unspecified atom stereocenters. The van der Waals surface area contributed by atoms with Crippen LogP contribution in [0.15, 0.2) is 18.2 Å². The van der Waals surface area contributed by atoms with Gasteiger partial charge in [0.2, 0.25) is 53.2 Å². The van der Waals surface area contributed by atoms with Crippen molar-refractivity contribution in [3.8, 4) is 11.5 Å². The molecule has 9 amide bonds. The van der Waals surface area contributed by atoms with E-state index in [1.807, 2.05) is 0 Å². The molecular formula is C31H45N9O11. The quantitative estimate of drug-likeness (QED) is 0.123. The molecule has 1 aliphatic heterocycles. The van der Waals surface area contributed by atoms with Gasteiger partial charge in [-0.1, -0.05) is 6.07 Å². The van der Waals surface area contributed by atoms with E-state index < -0.39 is 97.5 Å². The fourth-order valence-electron chi connectivity index (χ4n) is 4.67. The first-order valence-electron chi connectivity index (χ1n) is 15.9. The average molecular weight is 720 g/mol. The third kappa shape index (κ3) is 15.4. The maximum absolute atomic E-state index is 13.2. The van der Waals surface area contributed by atoms with Gasteiger partial charge in [0.15, 0.2) is 11.5 Å². The number of rotatable bonds is 8. The molecular weight excluding hydrogens is 674 g/mol. The number of hydrogen-bond donors (Lipinski definition) is 9. The zero-order valence-electron chi connectivity index (χ0n) is 28.6. The number of carbonyl (C=O) groups is 9. The zero-order valence-corrected chi connectivity index (χ0v) is 28.6. The fraction of sp³-hybridized carbons (Fsp3) is 0.516. The lowest BCUT2D eigenvalue weighted by molar-refractivity contribution is -0.132. The number of primary amides is 1. The van der Waals surface area contributed by atoms with Crippen LogP contribution in [-0.4, -0.2) is 118 Å². The van der Waals surface area contributed by atoms with Crippen molar-refractivity contribution in [2.45, 2.75) is 57.2 Å². The average Bonchev–Trinajstić information content (AvgIpc) is 3.09. The standard InChI is InChI=1S/C31H45N9O11/c1-17(41)34-14-26(44)39-20-7-9-24(42)33-10-4-5-19(29(32)47)38-27(45)15-35-25(43)13-36-31(49)21(40-28(46)16-37-30(20)48)11-18-6-8-22(50-2)23(12-18)51-3/h6,8,12,19-21H,4-5,7,9-11,13-16H2,1-3H3,(H2,32,47)(H,33,42)(H,34,41)(H,35,43)(H,36,49)(H,37,48)(H,38,45)(H,39,44)(H,40,46). The Hall–Kier alpha value is -5.95. The van der Waals surface area contributed by atoms with E-state index in [0.29, 0.717) is 17.1 Å². The number of carbonyl (C=O) groups excluding carboxylic acids is 9. The minimum absolute atomic E-state index is 0.0537. The zero-order chi connectivity index (χ0) is 37.9. The van der Waals surface area contributed by atoms with Crippen molar-refractivity contribution in [3.05, 3.63) is 23.8 Å². The van der Waals surface area contributed by atoms with E-state index in [4.69, 9.17) is 15.2 Å². The van der Waals surface area contributed by atoms with Gasteiger partial charge in [0.1, 0.15) is 18.1 Å². The van der Waals surface area contributed by atoms with Crippen molar-refractivity contribution < 1.29 is 52.6 Å². The molecule has 3 atom stereocenters. The van der Waals surface area contributed by atoms with E-state index in [1.165, 1.54) is 21.1 Å². The van der Waals surface area contributed by atoms with Crippen LogP contribution in [0.4, 0.5) is 0 Å². The van der Waals surface area contributed by atoms with Crippen molar-refractivity contribution >= 4 is 53.2 Å². The molecule has 1 fully saturated rings. The summed E-state index contributed by atoms with van der Waals surface area (Å²) in [6.07, 6.45) is -0.265. The molecule has 0 saturated carbocycles. The van der Waals surface area contributed by atoms with Crippen LogP contribution in [0.5, 0.6) is 11.5 Å². The summed E-state index contributed by atoms with van der Waals surface area (Å²) in [7, 11) is 2.86. The van der Waals surface area contributed by atoms with E-state index >= 15 is 0 Å². The van der Waals surface area contributed by atoms with Crippen LogP contribution in [0.2, 0.25) is 0 Å². The minimum Gasteiger partial charge on any atom is -0.493 e. The maximum Gasteiger partial charge on any atom is 0.243 e. The number of amides is 9. The Bertz CT molecular complexity index is 1470. The van der Waals surface area contributed by atoms with Crippen LogP contribution in [0.3, 0.4) is 0 Å². The molecule has 51 heavy (non-hydrogen) atoms. The van der Waals surface area contributed by atoms with Gasteiger partial charge >= 0.3 is 0 Å². The van der Waals surface area contributed by atoms with E-state index in [9.17, 15) is 43.2 Å². The normalized spacial score (nSPS) is 20.5. The number of benzene rings is 1. The van der Waals surface area contributed by atoms with Gasteiger partial charge in [0.05, 0.1) is 40.4 Å². The first-order chi connectivity index (χ1) is 24.2. The maximum atomic E-state index is 13.2. The minimum atomic E-state index is -1.30. The molecule has 0 radical (unpaired) electrons. The summed E-state index contributed by atoms with van der Waals surface area (Å²) in [6, 6.07) is 1.11. The van der Waals surface area contributed by atoms with Gasteiger partial charge < -0.3 is 57.7 Å². The van der Waals surface area contributed by atoms with Crippen molar-refractivity contribution in [2.75, 3.05) is 46.9 Å². The van der Waals surface area contributed by atoms with E-state index in [1.54, 1.807) is 18.2 Å². The first-order valence-corrected chi connectivity index (χ1v) is 15.9. The predicted octanol–water partition coefficient (Wildman–Crippen LogP) is -4.64. The molecule has 0 aliphatic carbocycles. The van der Waals surface area contributed by atoms with E-state index in [2.05, 4.69) is 42.5 Å². The number of nitrogens with two attached hydrogens (primary N) is 1. The number of ether oxygens (including phenoxy) is 2. The van der Waals surface area contributed by atoms with Crippen LogP contribution >= 0.6 is 0 Å². The van der Waals surface area contributed by atoms with Crippen LogP contribution in [0.1, 0.15) is 38.2 Å². The summed E-state index contributed by atoms with van der Waals surface area (Å²) < 4.78 is 10.5. The molecule has 2 rings (SSSR count). The Labute approximate surface area is 293 Å². The second-order valence-corrected chi connectivity index (χ2v) is 11.3. The Balaban J connectivity index is 2.30. The molecule has 280 valence electrons. The number of methoxy groups -OCH3 is 2. The van der Waals surface area contributed by atoms with Crippen LogP contribution in [-0.2, 0) is 49.6 Å². The lowest BCUT2D eigenvalue weighted by Crippen LogP contribution is -2.54. The Morgan fingerprint density at radius 3 is 2.12 bits per heavy atom. The summed E-state index contributed by atoms with van der Waals surface area (Å²) in [5.41, 5.74) is 5.92. The Morgan fingerprint density at radius 2 is 1.45 bits per heavy atom. The van der Waals surface area contributed by atoms with Gasteiger partial charge in [-0.3, -0.25) is 43.2 Å². The lowest BCUT2D eigenvalue weighted by Gasteiger charge is -2.21. The van der Waals surface area contributed by atoms with Crippen LogP contribution in [0.25, 0.3) is 0 Å². The van der Waals surface area contributed by atoms with Gasteiger partial charge in [0.25, 0.3) is 0 Å².